The molecule has 0 spiro atoms. The van der Waals surface area contributed by atoms with E-state index in [1.165, 1.54) is 31.2 Å². The summed E-state index contributed by atoms with van der Waals surface area (Å²) in [6.45, 7) is 5.80. The van der Waals surface area contributed by atoms with E-state index >= 15 is 0 Å². The minimum atomic E-state index is 0.0109. The van der Waals surface area contributed by atoms with Crippen molar-refractivity contribution in [2.75, 3.05) is 50.1 Å². The number of hydrogen-bond donors (Lipinski definition) is 1. The van der Waals surface area contributed by atoms with E-state index in [-0.39, 0.29) is 6.17 Å². The van der Waals surface area contributed by atoms with Gasteiger partial charge in [-0.25, -0.2) is 4.98 Å². The summed E-state index contributed by atoms with van der Waals surface area (Å²) in [5.41, 5.74) is 8.84. The second-order valence-corrected chi connectivity index (χ2v) is 9.39. The number of benzene rings is 1. The molecule has 1 aromatic heterocycles. The Morgan fingerprint density at radius 3 is 2.32 bits per heavy atom. The van der Waals surface area contributed by atoms with Gasteiger partial charge in [-0.05, 0) is 62.8 Å². The van der Waals surface area contributed by atoms with Gasteiger partial charge in [-0.15, -0.1) is 0 Å². The van der Waals surface area contributed by atoms with Gasteiger partial charge < -0.3 is 15.5 Å². The standard InChI is InChI=1S/C27H39N7/c1-4-5-6-7-10-22-12-14-23(15-13-22)34-26(31(2)3)21-24(28)30-27(34)33-19-17-32(18-20-33)25-11-8-9-16-29-25/h8-9,11-16,21,26H,4-7,10,17-20,28H2,1-3H3. The van der Waals surface area contributed by atoms with Gasteiger partial charge >= 0.3 is 0 Å². The van der Waals surface area contributed by atoms with Gasteiger partial charge in [0, 0.05) is 38.1 Å². The molecule has 1 atom stereocenters. The number of unbranched alkanes of at least 4 members (excludes halogenated alkanes) is 3. The van der Waals surface area contributed by atoms with E-state index in [0.29, 0.717) is 5.82 Å². The molecule has 0 bridgehead atoms. The number of aryl methyl sites for hydroxylation is 1. The van der Waals surface area contributed by atoms with Crippen molar-refractivity contribution < 1.29 is 0 Å². The van der Waals surface area contributed by atoms with Gasteiger partial charge in [0.05, 0.1) is 0 Å². The predicted molar refractivity (Wildman–Crippen MR) is 142 cm³/mol. The van der Waals surface area contributed by atoms with Crippen molar-refractivity contribution in [2.45, 2.75) is 45.2 Å². The number of nitrogens with two attached hydrogens (primary N) is 1. The number of piperazine rings is 1. The van der Waals surface area contributed by atoms with E-state index in [2.05, 4.69) is 75.9 Å². The van der Waals surface area contributed by atoms with Crippen LogP contribution in [-0.4, -0.2) is 67.2 Å². The fourth-order valence-corrected chi connectivity index (χ4v) is 4.68. The average molecular weight is 462 g/mol. The van der Waals surface area contributed by atoms with Crippen molar-refractivity contribution in [1.82, 2.24) is 14.8 Å². The van der Waals surface area contributed by atoms with Crippen molar-refractivity contribution in [3.63, 3.8) is 0 Å². The smallest absolute Gasteiger partial charge is 0.209 e. The molecule has 2 N–H and O–H groups in total. The van der Waals surface area contributed by atoms with E-state index in [9.17, 15) is 0 Å². The first-order valence-corrected chi connectivity index (χ1v) is 12.6. The van der Waals surface area contributed by atoms with Gasteiger partial charge in [0.25, 0.3) is 0 Å². The number of pyridine rings is 1. The Balaban J connectivity index is 1.51. The summed E-state index contributed by atoms with van der Waals surface area (Å²) < 4.78 is 0. The molecule has 1 unspecified atom stereocenters. The fraction of sp³-hybridized carbons (Fsp3) is 0.481. The number of aromatic nitrogens is 1. The molecule has 3 heterocycles. The van der Waals surface area contributed by atoms with E-state index in [4.69, 9.17) is 10.7 Å². The Labute approximate surface area is 204 Å². The first-order valence-electron chi connectivity index (χ1n) is 12.6. The lowest BCUT2D eigenvalue weighted by atomic mass is 10.1. The minimum Gasteiger partial charge on any atom is -0.384 e. The van der Waals surface area contributed by atoms with Gasteiger partial charge in [-0.2, -0.15) is 4.99 Å². The highest BCUT2D eigenvalue weighted by Gasteiger charge is 2.33. The van der Waals surface area contributed by atoms with Crippen molar-refractivity contribution in [2.24, 2.45) is 10.7 Å². The van der Waals surface area contributed by atoms with Crippen molar-refractivity contribution >= 4 is 17.5 Å². The minimum absolute atomic E-state index is 0.0109. The number of nitrogens with zero attached hydrogens (tertiary/aromatic N) is 6. The molecule has 0 saturated carbocycles. The first-order chi connectivity index (χ1) is 16.6. The average Bonchev–Trinajstić information content (AvgIpc) is 2.87. The zero-order chi connectivity index (χ0) is 23.9. The summed E-state index contributed by atoms with van der Waals surface area (Å²) >= 11 is 0. The number of aliphatic imine (C=N–C) groups is 1. The van der Waals surface area contributed by atoms with E-state index in [0.717, 1.165) is 50.1 Å². The monoisotopic (exact) mass is 461 g/mol. The number of rotatable bonds is 8. The molecular formula is C27H39N7. The van der Waals surface area contributed by atoms with E-state index in [1.807, 2.05) is 24.4 Å². The molecule has 4 rings (SSSR count). The Morgan fingerprint density at radius 2 is 1.68 bits per heavy atom. The quantitative estimate of drug-likeness (QED) is 0.602. The van der Waals surface area contributed by atoms with Gasteiger partial charge in [0.15, 0.2) is 0 Å². The Hall–Kier alpha value is -3.06. The number of anilines is 2. The molecule has 0 aliphatic carbocycles. The molecule has 34 heavy (non-hydrogen) atoms. The second kappa shape index (κ2) is 11.4. The summed E-state index contributed by atoms with van der Waals surface area (Å²) in [4.78, 5) is 18.5. The lowest BCUT2D eigenvalue weighted by Crippen LogP contribution is -2.59. The van der Waals surface area contributed by atoms with Gasteiger partial charge in [0.1, 0.15) is 17.8 Å². The molecule has 2 aliphatic heterocycles. The molecule has 7 heteroatoms. The van der Waals surface area contributed by atoms with Crippen LogP contribution in [0, 0.1) is 0 Å². The van der Waals surface area contributed by atoms with Crippen LogP contribution in [0.25, 0.3) is 0 Å². The van der Waals surface area contributed by atoms with Crippen LogP contribution in [0.3, 0.4) is 0 Å². The molecule has 7 nitrogen and oxygen atoms in total. The van der Waals surface area contributed by atoms with Crippen LogP contribution in [0.4, 0.5) is 11.5 Å². The first kappa shape index (κ1) is 24.1. The van der Waals surface area contributed by atoms with Gasteiger partial charge in [-0.3, -0.25) is 9.80 Å². The summed E-state index contributed by atoms with van der Waals surface area (Å²) in [6, 6.07) is 15.1. The molecule has 0 radical (unpaired) electrons. The van der Waals surface area contributed by atoms with Gasteiger partial charge in [0.2, 0.25) is 5.96 Å². The van der Waals surface area contributed by atoms with Gasteiger partial charge in [-0.1, -0.05) is 44.4 Å². The van der Waals surface area contributed by atoms with Crippen molar-refractivity contribution in [3.05, 3.63) is 66.1 Å². The van der Waals surface area contributed by atoms with Crippen LogP contribution in [0.15, 0.2) is 65.6 Å². The third-order valence-corrected chi connectivity index (χ3v) is 6.63. The predicted octanol–water partition coefficient (Wildman–Crippen LogP) is 3.89. The van der Waals surface area contributed by atoms with E-state index in [1.54, 1.807) is 0 Å². The molecule has 2 aliphatic rings. The number of likely N-dealkylation sites (N-methyl/N-ethyl adjacent to an activating group) is 1. The highest BCUT2D eigenvalue weighted by atomic mass is 15.5. The largest absolute Gasteiger partial charge is 0.384 e. The molecule has 1 saturated heterocycles. The zero-order valence-corrected chi connectivity index (χ0v) is 20.9. The van der Waals surface area contributed by atoms with E-state index < -0.39 is 0 Å². The highest BCUT2D eigenvalue weighted by Crippen LogP contribution is 2.27. The SMILES string of the molecule is CCCCCCc1ccc(N2C(N3CCN(c4ccccn4)CC3)=NC(N)=CC2N(C)C)cc1. The molecular weight excluding hydrogens is 422 g/mol. The third kappa shape index (κ3) is 5.70. The maximum atomic E-state index is 6.30. The summed E-state index contributed by atoms with van der Waals surface area (Å²) in [5.74, 6) is 2.53. The number of guanidine groups is 1. The summed E-state index contributed by atoms with van der Waals surface area (Å²) in [7, 11) is 4.18. The molecule has 0 amide bonds. The summed E-state index contributed by atoms with van der Waals surface area (Å²) in [6.07, 6.45) is 10.2. The Bertz CT molecular complexity index is 960. The Kier molecular flexibility index (Phi) is 8.06. The Morgan fingerprint density at radius 1 is 0.941 bits per heavy atom. The van der Waals surface area contributed by atoms with Crippen LogP contribution in [0.2, 0.25) is 0 Å². The van der Waals surface area contributed by atoms with Crippen molar-refractivity contribution in [3.8, 4) is 0 Å². The topological polar surface area (TPSA) is 64.2 Å². The van der Waals surface area contributed by atoms with Crippen LogP contribution >= 0.6 is 0 Å². The maximum absolute atomic E-state index is 6.30. The normalized spacial score (nSPS) is 18.8. The van der Waals surface area contributed by atoms with Crippen LogP contribution in [0.5, 0.6) is 0 Å². The maximum Gasteiger partial charge on any atom is 0.209 e. The second-order valence-electron chi connectivity index (χ2n) is 9.39. The molecule has 1 fully saturated rings. The summed E-state index contributed by atoms with van der Waals surface area (Å²) in [5, 5.41) is 0. The lowest BCUT2D eigenvalue weighted by molar-refractivity contribution is 0.322. The fourth-order valence-electron chi connectivity index (χ4n) is 4.68. The zero-order valence-electron chi connectivity index (χ0n) is 20.9. The van der Waals surface area contributed by atoms with Crippen LogP contribution in [0.1, 0.15) is 38.2 Å². The molecule has 182 valence electrons. The molecule has 2 aromatic rings. The number of hydrogen-bond acceptors (Lipinski definition) is 7. The highest BCUT2D eigenvalue weighted by molar-refractivity contribution is 5.98. The lowest BCUT2D eigenvalue weighted by Gasteiger charge is -2.45. The van der Waals surface area contributed by atoms with Crippen molar-refractivity contribution in [1.29, 1.82) is 0 Å². The molecule has 1 aromatic carbocycles. The third-order valence-electron chi connectivity index (χ3n) is 6.63. The van der Waals surface area contributed by atoms with Crippen LogP contribution < -0.4 is 15.5 Å². The van der Waals surface area contributed by atoms with Crippen LogP contribution in [-0.2, 0) is 6.42 Å².